The predicted molar refractivity (Wildman–Crippen MR) is 114 cm³/mol. The lowest BCUT2D eigenvalue weighted by atomic mass is 10.0. The van der Waals surface area contributed by atoms with Gasteiger partial charge in [0, 0.05) is 6.42 Å². The van der Waals surface area contributed by atoms with Crippen molar-refractivity contribution in [1.29, 1.82) is 0 Å². The summed E-state index contributed by atoms with van der Waals surface area (Å²) in [6.45, 7) is 3.86. The van der Waals surface area contributed by atoms with Crippen LogP contribution in [0.1, 0.15) is 31.4 Å². The van der Waals surface area contributed by atoms with E-state index in [9.17, 15) is 18.8 Å². The number of alkyl carbamates (subject to hydrolysis) is 1. The molecule has 0 aromatic heterocycles. The van der Waals surface area contributed by atoms with Gasteiger partial charge in [0.1, 0.15) is 24.5 Å². The van der Waals surface area contributed by atoms with E-state index < -0.39 is 35.8 Å². The van der Waals surface area contributed by atoms with Crippen LogP contribution in [0.4, 0.5) is 9.18 Å². The molecule has 0 radical (unpaired) electrons. The highest BCUT2D eigenvalue weighted by Gasteiger charge is 2.27. The molecule has 0 bridgehead atoms. The largest absolute Gasteiger partial charge is 0.445 e. The Labute approximate surface area is 181 Å². The Bertz CT molecular complexity index is 889. The first-order chi connectivity index (χ1) is 14.7. The zero-order chi connectivity index (χ0) is 22.8. The number of hydrogen-bond acceptors (Lipinski definition) is 4. The Morgan fingerprint density at radius 2 is 1.65 bits per heavy atom. The van der Waals surface area contributed by atoms with Gasteiger partial charge in [0.15, 0.2) is 0 Å². The molecule has 0 aliphatic carbocycles. The van der Waals surface area contributed by atoms with Gasteiger partial charge in [-0.3, -0.25) is 9.59 Å². The smallest absolute Gasteiger partial charge is 0.408 e. The van der Waals surface area contributed by atoms with Crippen molar-refractivity contribution in [2.75, 3.05) is 0 Å². The van der Waals surface area contributed by atoms with E-state index in [1.165, 1.54) is 18.2 Å². The van der Waals surface area contributed by atoms with Crippen LogP contribution in [0.5, 0.6) is 0 Å². The number of ether oxygens (including phenoxy) is 1. The van der Waals surface area contributed by atoms with E-state index in [1.807, 2.05) is 44.2 Å². The van der Waals surface area contributed by atoms with Gasteiger partial charge in [-0.15, -0.1) is 0 Å². The van der Waals surface area contributed by atoms with Gasteiger partial charge in [-0.2, -0.15) is 0 Å². The fraction of sp³-hybridized carbons (Fsp3) is 0.348. The third-order valence-electron chi connectivity index (χ3n) is 4.52. The fourth-order valence-electron chi connectivity index (χ4n) is 3.00. The number of benzene rings is 2. The average molecular weight is 429 g/mol. The molecule has 0 aliphatic heterocycles. The molecule has 0 heterocycles. The summed E-state index contributed by atoms with van der Waals surface area (Å²) in [5, 5.41) is 5.11. The standard InChI is InChI=1S/C23H28FN3O4/c1-15(2)11-20(27-23(30)31-14-16-7-4-3-5-8-16)22(29)26-19(21(25)28)13-17-9-6-10-18(24)12-17/h3-10,12,15,19-20H,11,13-14H2,1-2H3,(H2,25,28)(H,26,29)(H,27,30)/t19-,20+/m1/s1. The third kappa shape index (κ3) is 8.46. The molecule has 2 aromatic carbocycles. The maximum absolute atomic E-state index is 13.4. The van der Waals surface area contributed by atoms with Gasteiger partial charge >= 0.3 is 6.09 Å². The minimum Gasteiger partial charge on any atom is -0.445 e. The van der Waals surface area contributed by atoms with E-state index in [-0.39, 0.29) is 18.9 Å². The van der Waals surface area contributed by atoms with E-state index in [0.29, 0.717) is 12.0 Å². The van der Waals surface area contributed by atoms with Crippen LogP contribution in [0, 0.1) is 11.7 Å². The second kappa shape index (κ2) is 11.7. The minimum atomic E-state index is -1.05. The number of nitrogens with two attached hydrogens (primary N) is 1. The second-order valence-corrected chi connectivity index (χ2v) is 7.69. The topological polar surface area (TPSA) is 111 Å². The van der Waals surface area contributed by atoms with E-state index in [1.54, 1.807) is 6.07 Å². The lowest BCUT2D eigenvalue weighted by Crippen LogP contribution is -2.54. The number of carbonyl (C=O) groups is 3. The predicted octanol–water partition coefficient (Wildman–Crippen LogP) is 2.68. The lowest BCUT2D eigenvalue weighted by Gasteiger charge is -2.23. The Kier molecular flexibility index (Phi) is 8.99. The summed E-state index contributed by atoms with van der Waals surface area (Å²) in [7, 11) is 0. The maximum Gasteiger partial charge on any atom is 0.408 e. The number of nitrogens with one attached hydrogen (secondary N) is 2. The van der Waals surface area contributed by atoms with E-state index in [4.69, 9.17) is 10.5 Å². The van der Waals surface area contributed by atoms with Crippen LogP contribution in [-0.4, -0.2) is 30.0 Å². The molecule has 0 fully saturated rings. The second-order valence-electron chi connectivity index (χ2n) is 7.69. The minimum absolute atomic E-state index is 0.0334. The third-order valence-corrected chi connectivity index (χ3v) is 4.52. The summed E-state index contributed by atoms with van der Waals surface area (Å²) in [6, 6.07) is 12.9. The zero-order valence-corrected chi connectivity index (χ0v) is 17.6. The molecule has 2 aromatic rings. The number of hydrogen-bond donors (Lipinski definition) is 3. The highest BCUT2D eigenvalue weighted by atomic mass is 19.1. The first-order valence-electron chi connectivity index (χ1n) is 10.1. The molecule has 3 amide bonds. The van der Waals surface area contributed by atoms with Crippen molar-refractivity contribution in [3.05, 3.63) is 71.5 Å². The van der Waals surface area contributed by atoms with Crippen molar-refractivity contribution in [2.24, 2.45) is 11.7 Å². The van der Waals surface area contributed by atoms with Gasteiger partial charge in [0.25, 0.3) is 0 Å². The van der Waals surface area contributed by atoms with Crippen LogP contribution in [-0.2, 0) is 27.4 Å². The number of carbonyl (C=O) groups excluding carboxylic acids is 3. The summed E-state index contributed by atoms with van der Waals surface area (Å²) in [5.74, 6) is -1.69. The quantitative estimate of drug-likeness (QED) is 0.539. The van der Waals surface area contributed by atoms with Crippen molar-refractivity contribution < 1.29 is 23.5 Å². The van der Waals surface area contributed by atoms with E-state index in [0.717, 1.165) is 5.56 Å². The van der Waals surface area contributed by atoms with Crippen LogP contribution < -0.4 is 16.4 Å². The fourth-order valence-corrected chi connectivity index (χ4v) is 3.00. The Morgan fingerprint density at radius 1 is 0.968 bits per heavy atom. The molecule has 0 unspecified atom stereocenters. The van der Waals surface area contributed by atoms with Gasteiger partial charge in [0.2, 0.25) is 11.8 Å². The van der Waals surface area contributed by atoms with Gasteiger partial charge < -0.3 is 21.1 Å². The average Bonchev–Trinajstić information content (AvgIpc) is 2.71. The van der Waals surface area contributed by atoms with Crippen LogP contribution >= 0.6 is 0 Å². The zero-order valence-electron chi connectivity index (χ0n) is 17.6. The van der Waals surface area contributed by atoms with E-state index >= 15 is 0 Å². The van der Waals surface area contributed by atoms with Gasteiger partial charge in [-0.25, -0.2) is 9.18 Å². The van der Waals surface area contributed by atoms with Gasteiger partial charge in [-0.1, -0.05) is 56.3 Å². The number of amides is 3. The molecule has 0 saturated carbocycles. The molecule has 4 N–H and O–H groups in total. The molecule has 0 aliphatic rings. The molecule has 0 spiro atoms. The summed E-state index contributed by atoms with van der Waals surface area (Å²) in [6.07, 6.45) is -0.381. The number of primary amides is 1. The Balaban J connectivity index is 2.00. The number of rotatable bonds is 10. The molecular weight excluding hydrogens is 401 g/mol. The first kappa shape index (κ1) is 23.9. The Hall–Kier alpha value is -3.42. The highest BCUT2D eigenvalue weighted by molar-refractivity contribution is 5.90. The normalized spacial score (nSPS) is 12.6. The van der Waals surface area contributed by atoms with E-state index in [2.05, 4.69) is 10.6 Å². The van der Waals surface area contributed by atoms with Crippen molar-refractivity contribution in [2.45, 2.75) is 45.4 Å². The van der Waals surface area contributed by atoms with Crippen molar-refractivity contribution in [3.63, 3.8) is 0 Å². The molecule has 31 heavy (non-hydrogen) atoms. The van der Waals surface area contributed by atoms with Crippen molar-refractivity contribution in [1.82, 2.24) is 10.6 Å². The number of halogens is 1. The Morgan fingerprint density at radius 3 is 2.26 bits per heavy atom. The highest BCUT2D eigenvalue weighted by Crippen LogP contribution is 2.10. The molecule has 166 valence electrons. The SMILES string of the molecule is CC(C)C[C@H](NC(=O)OCc1ccccc1)C(=O)N[C@H](Cc1cccc(F)c1)C(N)=O. The molecule has 8 heteroatoms. The first-order valence-corrected chi connectivity index (χ1v) is 10.1. The summed E-state index contributed by atoms with van der Waals surface area (Å²) in [5.41, 5.74) is 6.75. The monoisotopic (exact) mass is 429 g/mol. The lowest BCUT2D eigenvalue weighted by molar-refractivity contribution is -0.128. The maximum atomic E-state index is 13.4. The molecular formula is C23H28FN3O4. The van der Waals surface area contributed by atoms with Gasteiger partial charge in [-0.05, 0) is 35.6 Å². The summed E-state index contributed by atoms with van der Waals surface area (Å²) >= 11 is 0. The molecule has 0 saturated heterocycles. The van der Waals surface area contributed by atoms with Gasteiger partial charge in [0.05, 0.1) is 0 Å². The van der Waals surface area contributed by atoms with Crippen LogP contribution in [0.3, 0.4) is 0 Å². The van der Waals surface area contributed by atoms with Crippen LogP contribution in [0.2, 0.25) is 0 Å². The van der Waals surface area contributed by atoms with Crippen molar-refractivity contribution >= 4 is 17.9 Å². The van der Waals surface area contributed by atoms with Crippen molar-refractivity contribution in [3.8, 4) is 0 Å². The summed E-state index contributed by atoms with van der Waals surface area (Å²) < 4.78 is 18.6. The summed E-state index contributed by atoms with van der Waals surface area (Å²) in [4.78, 5) is 36.9. The molecule has 7 nitrogen and oxygen atoms in total. The molecule has 2 atom stereocenters. The van der Waals surface area contributed by atoms with Crippen LogP contribution in [0.15, 0.2) is 54.6 Å². The van der Waals surface area contributed by atoms with Crippen LogP contribution in [0.25, 0.3) is 0 Å². The molecule has 2 rings (SSSR count).